The van der Waals surface area contributed by atoms with Crippen molar-refractivity contribution in [1.29, 1.82) is 0 Å². The van der Waals surface area contributed by atoms with E-state index in [-0.39, 0.29) is 18.0 Å². The molecule has 3 unspecified atom stereocenters. The van der Waals surface area contributed by atoms with Gasteiger partial charge in [-0.25, -0.2) is 0 Å². The first kappa shape index (κ1) is 69.4. The molecule has 0 aliphatic heterocycles. The summed E-state index contributed by atoms with van der Waals surface area (Å²) < 4.78 is 12.0. The molecule has 422 valence electrons. The molecule has 3 atom stereocenters. The average molecular weight is 1000 g/mol. The number of ether oxygens (including phenoxy) is 2. The van der Waals surface area contributed by atoms with Gasteiger partial charge in [-0.2, -0.15) is 0 Å². The van der Waals surface area contributed by atoms with Crippen molar-refractivity contribution in [2.45, 2.75) is 342 Å². The third-order valence-electron chi connectivity index (χ3n) is 15.4. The molecule has 1 amide bonds. The maximum atomic E-state index is 14.1. The quantitative estimate of drug-likeness (QED) is 0.0446. The molecular weight excluding hydrogens is 877 g/mol. The fourth-order valence-electron chi connectivity index (χ4n) is 10.6. The van der Waals surface area contributed by atoms with Gasteiger partial charge in [0.25, 0.3) is 0 Å². The van der Waals surface area contributed by atoms with Crippen LogP contribution in [-0.2, 0) is 23.9 Å². The van der Waals surface area contributed by atoms with E-state index < -0.39 is 0 Å². The minimum Gasteiger partial charge on any atom is -0.465 e. The zero-order valence-corrected chi connectivity index (χ0v) is 49.2. The Balaban J connectivity index is 5.38. The Morgan fingerprint density at radius 3 is 0.944 bits per heavy atom. The Hall–Kier alpha value is -1.63. The molecule has 0 bridgehead atoms. The van der Waals surface area contributed by atoms with Gasteiger partial charge in [-0.1, -0.05) is 253 Å². The van der Waals surface area contributed by atoms with E-state index in [1.54, 1.807) is 0 Å². The fourth-order valence-corrected chi connectivity index (χ4v) is 10.6. The smallest absolute Gasteiger partial charge is 0.305 e. The minimum atomic E-state index is -0.0322. The van der Waals surface area contributed by atoms with Crippen LogP contribution < -0.4 is 0 Å². The molecule has 0 heterocycles. The lowest BCUT2D eigenvalue weighted by Gasteiger charge is -2.33. The molecule has 0 aliphatic carbocycles. The predicted octanol–water partition coefficient (Wildman–Crippen LogP) is 19.5. The Morgan fingerprint density at radius 1 is 0.324 bits per heavy atom. The van der Waals surface area contributed by atoms with Crippen LogP contribution in [0.4, 0.5) is 0 Å². The van der Waals surface area contributed by atoms with Crippen LogP contribution in [0, 0.1) is 11.8 Å². The van der Waals surface area contributed by atoms with Crippen LogP contribution in [0.2, 0.25) is 0 Å². The SMILES string of the molecule is CCCCCCCCCCC(CCCCCCCC)COC(=O)CCCCCC(CCCCCC(=O)OCC(CCCCCCC)CCCCCCCC)N(CCCN(C)C)C(=O)CCCCCCCC. The van der Waals surface area contributed by atoms with E-state index in [1.165, 1.54) is 212 Å². The highest BCUT2D eigenvalue weighted by Crippen LogP contribution is 2.24. The standard InChI is InChI=1S/C64H126N2O5/c1-8-13-18-23-27-28-32-39-49-60(48-38-31-25-20-15-10-3)58-71-64(69)54-44-35-41-51-61(66(56-45-55-65(6)7)62(67)52-42-33-26-21-16-11-4)50-40-34-43-53-63(68)70-57-59(46-36-29-22-17-12-5)47-37-30-24-19-14-9-2/h59-61H,8-58H2,1-7H3. The summed E-state index contributed by atoms with van der Waals surface area (Å²) in [4.78, 5) is 44.7. The fraction of sp³-hybridized carbons (Fsp3) is 0.953. The maximum Gasteiger partial charge on any atom is 0.305 e. The van der Waals surface area contributed by atoms with Gasteiger partial charge in [0.2, 0.25) is 5.91 Å². The first-order valence-electron chi connectivity index (χ1n) is 32.0. The number of carbonyl (C=O) groups excluding carboxylic acids is 3. The summed E-state index contributed by atoms with van der Waals surface area (Å²) >= 11 is 0. The zero-order valence-electron chi connectivity index (χ0n) is 49.2. The van der Waals surface area contributed by atoms with E-state index >= 15 is 0 Å². The van der Waals surface area contributed by atoms with Gasteiger partial charge in [0.1, 0.15) is 0 Å². The lowest BCUT2D eigenvalue weighted by atomic mass is 9.94. The number of hydrogen-bond acceptors (Lipinski definition) is 6. The molecule has 0 aromatic heterocycles. The number of carbonyl (C=O) groups is 3. The van der Waals surface area contributed by atoms with Crippen molar-refractivity contribution in [3.8, 4) is 0 Å². The van der Waals surface area contributed by atoms with Crippen LogP contribution >= 0.6 is 0 Å². The Kier molecular flexibility index (Phi) is 53.4. The topological polar surface area (TPSA) is 76.2 Å². The summed E-state index contributed by atoms with van der Waals surface area (Å²) in [6, 6.07) is 0.197. The highest BCUT2D eigenvalue weighted by Gasteiger charge is 2.23. The van der Waals surface area contributed by atoms with Crippen LogP contribution in [0.3, 0.4) is 0 Å². The van der Waals surface area contributed by atoms with Crippen LogP contribution in [0.15, 0.2) is 0 Å². The number of esters is 2. The molecule has 0 radical (unpaired) electrons. The number of amides is 1. The van der Waals surface area contributed by atoms with Gasteiger partial charge < -0.3 is 19.3 Å². The Labute approximate surface area is 444 Å². The van der Waals surface area contributed by atoms with E-state index in [9.17, 15) is 14.4 Å². The monoisotopic (exact) mass is 1000 g/mol. The van der Waals surface area contributed by atoms with Gasteiger partial charge in [0, 0.05) is 31.8 Å². The van der Waals surface area contributed by atoms with Crippen molar-refractivity contribution in [3.63, 3.8) is 0 Å². The predicted molar refractivity (Wildman–Crippen MR) is 308 cm³/mol. The third kappa shape index (κ3) is 47.8. The van der Waals surface area contributed by atoms with Gasteiger partial charge in [0.15, 0.2) is 0 Å². The minimum absolute atomic E-state index is 0.0286. The largest absolute Gasteiger partial charge is 0.465 e. The van der Waals surface area contributed by atoms with Gasteiger partial charge >= 0.3 is 11.9 Å². The first-order valence-corrected chi connectivity index (χ1v) is 32.0. The van der Waals surface area contributed by atoms with E-state index in [1.807, 2.05) is 0 Å². The molecule has 0 saturated heterocycles. The molecule has 71 heavy (non-hydrogen) atoms. The van der Waals surface area contributed by atoms with Crippen LogP contribution in [0.1, 0.15) is 336 Å². The highest BCUT2D eigenvalue weighted by molar-refractivity contribution is 5.76. The van der Waals surface area contributed by atoms with E-state index in [2.05, 4.69) is 58.5 Å². The van der Waals surface area contributed by atoms with Gasteiger partial charge in [0.05, 0.1) is 13.2 Å². The van der Waals surface area contributed by atoms with E-state index in [0.29, 0.717) is 50.2 Å². The lowest BCUT2D eigenvalue weighted by molar-refractivity contribution is -0.146. The third-order valence-corrected chi connectivity index (χ3v) is 15.4. The van der Waals surface area contributed by atoms with Crippen molar-refractivity contribution in [1.82, 2.24) is 9.80 Å². The molecule has 0 rings (SSSR count). The van der Waals surface area contributed by atoms with Crippen LogP contribution in [0.5, 0.6) is 0 Å². The Morgan fingerprint density at radius 2 is 0.606 bits per heavy atom. The zero-order chi connectivity index (χ0) is 52.1. The Bertz CT molecular complexity index is 1130. The molecule has 0 fully saturated rings. The molecule has 0 N–H and O–H groups in total. The second kappa shape index (κ2) is 54.6. The van der Waals surface area contributed by atoms with Crippen molar-refractivity contribution < 1.29 is 23.9 Å². The van der Waals surface area contributed by atoms with E-state index in [0.717, 1.165) is 83.7 Å². The molecule has 0 saturated carbocycles. The van der Waals surface area contributed by atoms with Gasteiger partial charge in [-0.3, -0.25) is 14.4 Å². The van der Waals surface area contributed by atoms with Crippen molar-refractivity contribution in [2.24, 2.45) is 11.8 Å². The summed E-state index contributed by atoms with van der Waals surface area (Å²) in [5, 5.41) is 0. The van der Waals surface area contributed by atoms with Crippen molar-refractivity contribution in [2.75, 3.05) is 40.4 Å². The molecule has 0 aromatic carbocycles. The van der Waals surface area contributed by atoms with Gasteiger partial charge in [-0.15, -0.1) is 0 Å². The molecule has 7 nitrogen and oxygen atoms in total. The normalized spacial score (nSPS) is 12.9. The van der Waals surface area contributed by atoms with Crippen molar-refractivity contribution >= 4 is 17.8 Å². The maximum absolute atomic E-state index is 14.1. The summed E-state index contributed by atoms with van der Waals surface area (Å²) in [5.74, 6) is 1.24. The molecular formula is C64H126N2O5. The van der Waals surface area contributed by atoms with Crippen LogP contribution in [0.25, 0.3) is 0 Å². The summed E-state index contributed by atoms with van der Waals surface area (Å²) in [5.41, 5.74) is 0. The second-order valence-corrected chi connectivity index (χ2v) is 22.8. The highest BCUT2D eigenvalue weighted by atomic mass is 16.5. The molecule has 0 spiro atoms. The first-order chi connectivity index (χ1) is 34.7. The van der Waals surface area contributed by atoms with E-state index in [4.69, 9.17) is 9.47 Å². The van der Waals surface area contributed by atoms with Crippen molar-refractivity contribution in [3.05, 3.63) is 0 Å². The summed E-state index contributed by atoms with van der Waals surface area (Å²) in [6.07, 6.45) is 54.8. The molecule has 7 heteroatoms. The van der Waals surface area contributed by atoms with Crippen LogP contribution in [-0.4, -0.2) is 74.1 Å². The second-order valence-electron chi connectivity index (χ2n) is 22.8. The molecule has 0 aromatic rings. The number of rotatable bonds is 57. The number of hydrogen-bond donors (Lipinski definition) is 0. The summed E-state index contributed by atoms with van der Waals surface area (Å²) in [6.45, 7) is 14.3. The average Bonchev–Trinajstić information content (AvgIpc) is 3.36. The summed E-state index contributed by atoms with van der Waals surface area (Å²) in [7, 11) is 4.24. The molecule has 0 aliphatic rings. The lowest BCUT2D eigenvalue weighted by Crippen LogP contribution is -2.41. The van der Waals surface area contributed by atoms with Gasteiger partial charge in [-0.05, 0) is 96.7 Å². The number of unbranched alkanes of at least 4 members (excludes halogenated alkanes) is 30. The number of nitrogens with zero attached hydrogens (tertiary/aromatic N) is 2.